The average molecular weight is 224 g/mol. The number of rotatable bonds is 2. The summed E-state index contributed by atoms with van der Waals surface area (Å²) in [6.07, 6.45) is 22.3. The Kier molecular flexibility index (Phi) is 2.70. The molecule has 2 N–H and O–H groups in total. The highest BCUT2D eigenvalue weighted by molar-refractivity contribution is 5.46. The van der Waals surface area contributed by atoms with Crippen LogP contribution in [0.2, 0.25) is 0 Å². The van der Waals surface area contributed by atoms with Crippen molar-refractivity contribution in [3.05, 3.63) is 72.2 Å². The third-order valence-corrected chi connectivity index (χ3v) is 3.18. The summed E-state index contributed by atoms with van der Waals surface area (Å²) in [7, 11) is 0. The van der Waals surface area contributed by atoms with Gasteiger partial charge in [-0.05, 0) is 18.7 Å². The maximum Gasteiger partial charge on any atom is 0.0715 e. The molecule has 0 saturated heterocycles. The molecule has 2 atom stereocenters. The molecule has 86 valence electrons. The van der Waals surface area contributed by atoms with Crippen LogP contribution in [0, 0.1) is 0 Å². The average Bonchev–Trinajstić information content (AvgIpc) is 2.40. The Hall–Kier alpha value is -1.96. The van der Waals surface area contributed by atoms with Crippen molar-refractivity contribution in [1.82, 2.24) is 10.6 Å². The van der Waals surface area contributed by atoms with Crippen LogP contribution in [0.1, 0.15) is 6.42 Å². The van der Waals surface area contributed by atoms with Crippen LogP contribution in [0.4, 0.5) is 0 Å². The summed E-state index contributed by atoms with van der Waals surface area (Å²) in [6, 6.07) is 0.723. The SMILES string of the molecule is C1=CCC(NC2=C3C=CC=CC3NC=C2)C=C1. The van der Waals surface area contributed by atoms with E-state index in [1.54, 1.807) is 0 Å². The fourth-order valence-electron chi connectivity index (χ4n) is 2.29. The molecule has 2 heteroatoms. The Labute approximate surface area is 102 Å². The van der Waals surface area contributed by atoms with E-state index < -0.39 is 0 Å². The Balaban J connectivity index is 1.81. The molecule has 0 aromatic carbocycles. The van der Waals surface area contributed by atoms with Crippen molar-refractivity contribution in [2.45, 2.75) is 18.5 Å². The zero-order valence-corrected chi connectivity index (χ0v) is 9.64. The first-order valence-corrected chi connectivity index (χ1v) is 6.05. The van der Waals surface area contributed by atoms with Crippen LogP contribution < -0.4 is 10.6 Å². The summed E-state index contributed by atoms with van der Waals surface area (Å²) in [6.45, 7) is 0. The Morgan fingerprint density at radius 3 is 2.88 bits per heavy atom. The standard InChI is InChI=1S/C15H16N2/c1-2-6-12(7-3-1)17-15-10-11-16-14-9-5-4-8-13(14)15/h1-6,8-12,14,16-17H,7H2. The molecule has 0 spiro atoms. The van der Waals surface area contributed by atoms with Gasteiger partial charge < -0.3 is 10.6 Å². The molecule has 0 fully saturated rings. The van der Waals surface area contributed by atoms with Gasteiger partial charge >= 0.3 is 0 Å². The lowest BCUT2D eigenvalue weighted by molar-refractivity contribution is 0.659. The lowest BCUT2D eigenvalue weighted by Crippen LogP contribution is -2.35. The van der Waals surface area contributed by atoms with Gasteiger partial charge in [0, 0.05) is 17.3 Å². The maximum atomic E-state index is 3.59. The zero-order chi connectivity index (χ0) is 11.5. The van der Waals surface area contributed by atoms with Crippen LogP contribution in [0.15, 0.2) is 72.2 Å². The van der Waals surface area contributed by atoms with E-state index in [2.05, 4.69) is 65.3 Å². The normalized spacial score (nSPS) is 29.2. The summed E-state index contributed by atoms with van der Waals surface area (Å²) in [4.78, 5) is 0. The number of hydrogen-bond acceptors (Lipinski definition) is 2. The van der Waals surface area contributed by atoms with E-state index in [1.165, 1.54) is 11.3 Å². The molecule has 0 aromatic heterocycles. The van der Waals surface area contributed by atoms with Crippen molar-refractivity contribution in [3.8, 4) is 0 Å². The molecule has 3 aliphatic rings. The molecule has 2 unspecified atom stereocenters. The van der Waals surface area contributed by atoms with Gasteiger partial charge in [-0.15, -0.1) is 0 Å². The van der Waals surface area contributed by atoms with Crippen molar-refractivity contribution < 1.29 is 0 Å². The number of nitrogens with one attached hydrogen (secondary N) is 2. The van der Waals surface area contributed by atoms with Crippen LogP contribution in [-0.4, -0.2) is 12.1 Å². The number of hydrogen-bond donors (Lipinski definition) is 2. The van der Waals surface area contributed by atoms with Gasteiger partial charge in [0.25, 0.3) is 0 Å². The molecule has 0 saturated carbocycles. The summed E-state index contributed by atoms with van der Waals surface area (Å²) < 4.78 is 0. The van der Waals surface area contributed by atoms with E-state index in [0.29, 0.717) is 12.1 Å². The van der Waals surface area contributed by atoms with E-state index in [0.717, 1.165) is 6.42 Å². The van der Waals surface area contributed by atoms with Crippen LogP contribution in [-0.2, 0) is 0 Å². The summed E-state index contributed by atoms with van der Waals surface area (Å²) in [5, 5.41) is 6.93. The molecule has 0 amide bonds. The second-order valence-corrected chi connectivity index (χ2v) is 4.39. The smallest absolute Gasteiger partial charge is 0.0715 e. The lowest BCUT2D eigenvalue weighted by atomic mass is 9.97. The third-order valence-electron chi connectivity index (χ3n) is 3.18. The maximum absolute atomic E-state index is 3.59. The Morgan fingerprint density at radius 2 is 2.00 bits per heavy atom. The van der Waals surface area contributed by atoms with Gasteiger partial charge in [0.2, 0.25) is 0 Å². The quantitative estimate of drug-likeness (QED) is 0.752. The molecule has 1 heterocycles. The fourth-order valence-corrected chi connectivity index (χ4v) is 2.29. The largest absolute Gasteiger partial charge is 0.380 e. The molecule has 17 heavy (non-hydrogen) atoms. The minimum absolute atomic E-state index is 0.315. The van der Waals surface area contributed by atoms with Crippen molar-refractivity contribution >= 4 is 0 Å². The van der Waals surface area contributed by atoms with Crippen molar-refractivity contribution in [2.24, 2.45) is 0 Å². The molecule has 0 radical (unpaired) electrons. The summed E-state index contributed by atoms with van der Waals surface area (Å²) in [5.74, 6) is 0. The van der Waals surface area contributed by atoms with Crippen LogP contribution in [0.5, 0.6) is 0 Å². The van der Waals surface area contributed by atoms with Gasteiger partial charge in [-0.2, -0.15) is 0 Å². The lowest BCUT2D eigenvalue weighted by Gasteiger charge is -2.27. The number of allylic oxidation sites excluding steroid dienone is 5. The first kappa shape index (κ1) is 10.2. The van der Waals surface area contributed by atoms with E-state index in [4.69, 9.17) is 0 Å². The van der Waals surface area contributed by atoms with E-state index in [1.807, 2.05) is 6.20 Å². The molecular formula is C15H16N2. The van der Waals surface area contributed by atoms with E-state index in [9.17, 15) is 0 Å². The number of dihydropyridines is 1. The van der Waals surface area contributed by atoms with Crippen LogP contribution in [0.3, 0.4) is 0 Å². The van der Waals surface area contributed by atoms with Gasteiger partial charge in [-0.3, -0.25) is 0 Å². The third kappa shape index (κ3) is 2.11. The number of fused-ring (bicyclic) bond motifs is 1. The summed E-state index contributed by atoms with van der Waals surface area (Å²) >= 11 is 0. The molecule has 1 aliphatic heterocycles. The van der Waals surface area contributed by atoms with Gasteiger partial charge in [-0.25, -0.2) is 0 Å². The first-order chi connectivity index (χ1) is 8.43. The van der Waals surface area contributed by atoms with Crippen molar-refractivity contribution in [2.75, 3.05) is 0 Å². The minimum Gasteiger partial charge on any atom is -0.380 e. The van der Waals surface area contributed by atoms with Crippen molar-refractivity contribution in [1.29, 1.82) is 0 Å². The Bertz CT molecular complexity index is 475. The fraction of sp³-hybridized carbons (Fsp3) is 0.200. The van der Waals surface area contributed by atoms with Gasteiger partial charge in [0.15, 0.2) is 0 Å². The molecule has 0 bridgehead atoms. The van der Waals surface area contributed by atoms with Gasteiger partial charge in [-0.1, -0.05) is 48.6 Å². The second-order valence-electron chi connectivity index (χ2n) is 4.39. The monoisotopic (exact) mass is 224 g/mol. The highest BCUT2D eigenvalue weighted by Gasteiger charge is 2.18. The van der Waals surface area contributed by atoms with Crippen LogP contribution in [0.25, 0.3) is 0 Å². The molecule has 0 aromatic rings. The first-order valence-electron chi connectivity index (χ1n) is 6.05. The second kappa shape index (κ2) is 4.50. The predicted octanol–water partition coefficient (Wildman–Crippen LogP) is 2.33. The molecule has 2 aliphatic carbocycles. The predicted molar refractivity (Wildman–Crippen MR) is 71.2 cm³/mol. The topological polar surface area (TPSA) is 24.1 Å². The Morgan fingerprint density at radius 1 is 1.06 bits per heavy atom. The minimum atomic E-state index is 0.315. The zero-order valence-electron chi connectivity index (χ0n) is 9.64. The molecule has 3 rings (SSSR count). The van der Waals surface area contributed by atoms with Crippen LogP contribution >= 0.6 is 0 Å². The highest BCUT2D eigenvalue weighted by atomic mass is 15.0. The van der Waals surface area contributed by atoms with Gasteiger partial charge in [0.1, 0.15) is 0 Å². The molecular weight excluding hydrogens is 208 g/mol. The van der Waals surface area contributed by atoms with E-state index >= 15 is 0 Å². The van der Waals surface area contributed by atoms with Crippen molar-refractivity contribution in [3.63, 3.8) is 0 Å². The van der Waals surface area contributed by atoms with Gasteiger partial charge in [0.05, 0.1) is 6.04 Å². The highest BCUT2D eigenvalue weighted by Crippen LogP contribution is 2.20. The molecule has 2 nitrogen and oxygen atoms in total. The summed E-state index contributed by atoms with van der Waals surface area (Å²) in [5.41, 5.74) is 2.54. The van der Waals surface area contributed by atoms with E-state index in [-0.39, 0.29) is 0 Å².